The number of aromatic amines is 1. The van der Waals surface area contributed by atoms with E-state index in [1.165, 1.54) is 0 Å². The number of nitrogens with zero attached hydrogens (tertiary/aromatic N) is 1. The first-order valence-electron chi connectivity index (χ1n) is 2.85. The Morgan fingerprint density at radius 3 is 3.00 bits per heavy atom. The molecule has 1 heterocycles. The maximum absolute atomic E-state index is 10.9. The van der Waals surface area contributed by atoms with Crippen LogP contribution in [0.2, 0.25) is 0 Å². The number of hydrogen-bond acceptors (Lipinski definition) is 2. The van der Waals surface area contributed by atoms with Gasteiger partial charge in [-0.2, -0.15) is 5.10 Å². The summed E-state index contributed by atoms with van der Waals surface area (Å²) in [5.74, 6) is 0.268. The molecule has 0 aliphatic carbocycles. The summed E-state index contributed by atoms with van der Waals surface area (Å²) in [6.07, 6.45) is 1.55. The Balaban J connectivity index is 2.57. The molecule has 0 unspecified atom stereocenters. The van der Waals surface area contributed by atoms with Crippen LogP contribution in [0.1, 0.15) is 0 Å². The van der Waals surface area contributed by atoms with Gasteiger partial charge in [0, 0.05) is 6.07 Å². The van der Waals surface area contributed by atoms with E-state index >= 15 is 0 Å². The van der Waals surface area contributed by atoms with E-state index in [1.54, 1.807) is 12.3 Å². The van der Waals surface area contributed by atoms with Gasteiger partial charge in [0.15, 0.2) is 0 Å². The summed E-state index contributed by atoms with van der Waals surface area (Å²) in [5.41, 5.74) is 0. The second-order valence-corrected chi connectivity index (χ2v) is 2.79. The molecule has 0 aliphatic heterocycles. The molecule has 4 nitrogen and oxygen atoms in total. The van der Waals surface area contributed by atoms with Crippen LogP contribution in [-0.2, 0) is 4.79 Å². The van der Waals surface area contributed by atoms with E-state index in [4.69, 9.17) is 0 Å². The summed E-state index contributed by atoms with van der Waals surface area (Å²) in [5, 5.41) is 8.75. The average molecular weight is 216 g/mol. The highest BCUT2D eigenvalue weighted by molar-refractivity contribution is 9.12. The topological polar surface area (TPSA) is 57.8 Å². The Morgan fingerprint density at radius 1 is 1.82 bits per heavy atom. The quantitative estimate of drug-likeness (QED) is 0.731. The number of nitrogens with one attached hydrogen (secondary N) is 2. The van der Waals surface area contributed by atoms with Crippen molar-refractivity contribution in [1.29, 1.82) is 0 Å². The first-order chi connectivity index (χ1) is 5.20. The molecule has 1 amide bonds. The Kier molecular flexibility index (Phi) is 2.43. The van der Waals surface area contributed by atoms with Gasteiger partial charge in [0.25, 0.3) is 5.91 Å². The minimum absolute atomic E-state index is 0.283. The van der Waals surface area contributed by atoms with Crippen molar-refractivity contribution in [3.63, 3.8) is 0 Å². The fourth-order valence-electron chi connectivity index (χ4n) is 0.516. The molecule has 0 aromatic carbocycles. The molecule has 5 heteroatoms. The van der Waals surface area contributed by atoms with Crippen molar-refractivity contribution in [3.05, 3.63) is 23.3 Å². The smallest absolute Gasteiger partial charge is 0.263 e. The normalized spacial score (nSPS) is 9.18. The Hall–Kier alpha value is -1.10. The third-order valence-electron chi connectivity index (χ3n) is 0.995. The van der Waals surface area contributed by atoms with Crippen molar-refractivity contribution >= 4 is 27.7 Å². The van der Waals surface area contributed by atoms with Gasteiger partial charge in [0.1, 0.15) is 5.82 Å². The molecule has 1 rings (SSSR count). The molecule has 1 aromatic heterocycles. The molecule has 2 N–H and O–H groups in total. The van der Waals surface area contributed by atoms with E-state index in [0.29, 0.717) is 5.82 Å². The van der Waals surface area contributed by atoms with Crippen molar-refractivity contribution in [2.24, 2.45) is 0 Å². The van der Waals surface area contributed by atoms with E-state index < -0.39 is 0 Å². The van der Waals surface area contributed by atoms with Gasteiger partial charge in [-0.1, -0.05) is 6.58 Å². The number of anilines is 1. The van der Waals surface area contributed by atoms with Crippen LogP contribution in [0.4, 0.5) is 5.82 Å². The summed E-state index contributed by atoms with van der Waals surface area (Å²) in [6.45, 7) is 3.41. The third-order valence-corrected chi connectivity index (χ3v) is 1.36. The van der Waals surface area contributed by atoms with E-state index in [2.05, 4.69) is 38.0 Å². The molecule has 0 fully saturated rings. The van der Waals surface area contributed by atoms with E-state index in [9.17, 15) is 4.79 Å². The first kappa shape index (κ1) is 8.00. The summed E-state index contributed by atoms with van der Waals surface area (Å²) < 4.78 is 0.284. The highest BCUT2D eigenvalue weighted by Crippen LogP contribution is 2.05. The summed E-state index contributed by atoms with van der Waals surface area (Å²) in [4.78, 5) is 10.9. The minimum Gasteiger partial charge on any atom is -0.307 e. The van der Waals surface area contributed by atoms with Gasteiger partial charge < -0.3 is 5.32 Å². The van der Waals surface area contributed by atoms with Crippen LogP contribution in [0.3, 0.4) is 0 Å². The Morgan fingerprint density at radius 2 is 2.55 bits per heavy atom. The molecule has 0 bridgehead atoms. The van der Waals surface area contributed by atoms with Crippen LogP contribution in [0.25, 0.3) is 0 Å². The SMILES string of the molecule is C=C(Br)C(=O)Nc1ccn[nH]1. The molecule has 0 saturated heterocycles. The van der Waals surface area contributed by atoms with Crippen LogP contribution < -0.4 is 5.32 Å². The second-order valence-electron chi connectivity index (χ2n) is 1.83. The lowest BCUT2D eigenvalue weighted by Crippen LogP contribution is -2.10. The lowest BCUT2D eigenvalue weighted by atomic mass is 10.5. The number of carbonyl (C=O) groups is 1. The van der Waals surface area contributed by atoms with Crippen molar-refractivity contribution in [1.82, 2.24) is 10.2 Å². The fraction of sp³-hybridized carbons (Fsp3) is 0. The average Bonchev–Trinajstić information content (AvgIpc) is 2.39. The third kappa shape index (κ3) is 2.19. The van der Waals surface area contributed by atoms with Gasteiger partial charge in [-0.05, 0) is 15.9 Å². The van der Waals surface area contributed by atoms with Crippen molar-refractivity contribution < 1.29 is 4.79 Å². The number of halogens is 1. The zero-order valence-electron chi connectivity index (χ0n) is 5.60. The highest BCUT2D eigenvalue weighted by Gasteiger charge is 2.03. The summed E-state index contributed by atoms with van der Waals surface area (Å²) in [6, 6.07) is 1.65. The standard InChI is InChI=1S/C6H6BrN3O/c1-4(7)6(11)9-5-2-3-8-10-5/h2-3H,1H2,(H2,8,9,10,11). The van der Waals surface area contributed by atoms with Crippen molar-refractivity contribution in [2.75, 3.05) is 5.32 Å². The van der Waals surface area contributed by atoms with Crippen LogP contribution in [0, 0.1) is 0 Å². The number of hydrogen-bond donors (Lipinski definition) is 2. The molecular weight excluding hydrogens is 210 g/mol. The van der Waals surface area contributed by atoms with Crippen LogP contribution in [0.15, 0.2) is 23.3 Å². The maximum Gasteiger partial charge on any atom is 0.263 e. The second kappa shape index (κ2) is 3.34. The first-order valence-corrected chi connectivity index (χ1v) is 3.64. The molecule has 0 spiro atoms. The lowest BCUT2D eigenvalue weighted by Gasteiger charge is -1.97. The maximum atomic E-state index is 10.9. The van der Waals surface area contributed by atoms with Gasteiger partial charge in [-0.3, -0.25) is 9.89 Å². The predicted octanol–water partition coefficient (Wildman–Crippen LogP) is 1.26. The van der Waals surface area contributed by atoms with E-state index in [-0.39, 0.29) is 10.4 Å². The highest BCUT2D eigenvalue weighted by atomic mass is 79.9. The van der Waals surface area contributed by atoms with Crippen LogP contribution in [0.5, 0.6) is 0 Å². The summed E-state index contributed by atoms with van der Waals surface area (Å²) >= 11 is 2.94. The number of H-pyrrole nitrogens is 1. The van der Waals surface area contributed by atoms with Crippen molar-refractivity contribution in [3.8, 4) is 0 Å². The molecule has 0 radical (unpaired) electrons. The zero-order chi connectivity index (χ0) is 8.27. The van der Waals surface area contributed by atoms with Crippen LogP contribution >= 0.6 is 15.9 Å². The number of carbonyl (C=O) groups excluding carboxylic acids is 1. The number of aromatic nitrogens is 2. The zero-order valence-corrected chi connectivity index (χ0v) is 7.18. The molecular formula is C6H6BrN3O. The molecule has 0 saturated carbocycles. The van der Waals surface area contributed by atoms with Crippen LogP contribution in [-0.4, -0.2) is 16.1 Å². The number of rotatable bonds is 2. The van der Waals surface area contributed by atoms with Crippen molar-refractivity contribution in [2.45, 2.75) is 0 Å². The molecule has 0 aliphatic rings. The molecule has 58 valence electrons. The van der Waals surface area contributed by atoms with Gasteiger partial charge >= 0.3 is 0 Å². The minimum atomic E-state index is -0.283. The Labute approximate surface area is 71.8 Å². The fourth-order valence-corrected chi connectivity index (χ4v) is 0.615. The van der Waals surface area contributed by atoms with Gasteiger partial charge in [0.05, 0.1) is 10.7 Å². The summed E-state index contributed by atoms with van der Waals surface area (Å²) in [7, 11) is 0. The predicted molar refractivity (Wildman–Crippen MR) is 45.3 cm³/mol. The lowest BCUT2D eigenvalue weighted by molar-refractivity contribution is -0.112. The molecule has 11 heavy (non-hydrogen) atoms. The number of amides is 1. The molecule has 0 atom stereocenters. The van der Waals surface area contributed by atoms with Gasteiger partial charge in [0.2, 0.25) is 0 Å². The monoisotopic (exact) mass is 215 g/mol. The van der Waals surface area contributed by atoms with Gasteiger partial charge in [-0.15, -0.1) is 0 Å². The largest absolute Gasteiger partial charge is 0.307 e. The van der Waals surface area contributed by atoms with Gasteiger partial charge in [-0.25, -0.2) is 0 Å². The van der Waals surface area contributed by atoms with E-state index in [1.807, 2.05) is 0 Å². The Bertz CT molecular complexity index is 267. The molecule has 1 aromatic rings. The van der Waals surface area contributed by atoms with E-state index in [0.717, 1.165) is 0 Å².